The first-order valence-corrected chi connectivity index (χ1v) is 7.97. The molecule has 0 spiro atoms. The van der Waals surface area contributed by atoms with E-state index in [0.29, 0.717) is 43.3 Å². The number of carboxylic acid groups (broad SMARTS) is 1. The Labute approximate surface area is 145 Å². The Morgan fingerprint density at radius 3 is 2.76 bits per heavy atom. The van der Waals surface area contributed by atoms with Gasteiger partial charge in [0.25, 0.3) is 5.91 Å². The van der Waals surface area contributed by atoms with Crippen molar-refractivity contribution in [3.8, 4) is 11.3 Å². The van der Waals surface area contributed by atoms with E-state index < -0.39 is 17.5 Å². The third-order valence-electron chi connectivity index (χ3n) is 4.34. The van der Waals surface area contributed by atoms with E-state index in [1.54, 1.807) is 37.3 Å². The zero-order chi connectivity index (χ0) is 18.0. The van der Waals surface area contributed by atoms with Gasteiger partial charge in [-0.15, -0.1) is 0 Å². The predicted octanol–water partition coefficient (Wildman–Crippen LogP) is 1.72. The van der Waals surface area contributed by atoms with Crippen LogP contribution in [0.1, 0.15) is 23.0 Å². The van der Waals surface area contributed by atoms with Gasteiger partial charge >= 0.3 is 5.97 Å². The van der Waals surface area contributed by atoms with Crippen LogP contribution < -0.4 is 5.73 Å². The number of rotatable bonds is 5. The number of nitrogens with two attached hydrogens (primary N) is 1. The molecule has 2 heterocycles. The topological polar surface area (TPSA) is 106 Å². The molecule has 1 fully saturated rings. The number of amides is 1. The summed E-state index contributed by atoms with van der Waals surface area (Å²) < 4.78 is 11.3. The first-order chi connectivity index (χ1) is 11.9. The fourth-order valence-electron chi connectivity index (χ4n) is 2.95. The van der Waals surface area contributed by atoms with Crippen LogP contribution in [0.25, 0.3) is 11.3 Å². The molecule has 7 nitrogen and oxygen atoms in total. The van der Waals surface area contributed by atoms with Crippen LogP contribution in [0.4, 0.5) is 0 Å². The number of carboxylic acids is 1. The van der Waals surface area contributed by atoms with Crippen molar-refractivity contribution in [2.75, 3.05) is 19.7 Å². The van der Waals surface area contributed by atoms with Gasteiger partial charge in [-0.05, 0) is 25.1 Å². The van der Waals surface area contributed by atoms with Gasteiger partial charge in [-0.25, -0.2) is 4.79 Å². The molecule has 2 aromatic rings. The highest BCUT2D eigenvalue weighted by atomic mass is 16.5. The van der Waals surface area contributed by atoms with Crippen molar-refractivity contribution in [2.24, 2.45) is 5.73 Å². The molecule has 0 bridgehead atoms. The van der Waals surface area contributed by atoms with Crippen LogP contribution in [0.3, 0.4) is 0 Å². The maximum Gasteiger partial charge on any atom is 0.336 e. The predicted molar refractivity (Wildman–Crippen MR) is 89.9 cm³/mol. The van der Waals surface area contributed by atoms with Gasteiger partial charge in [0.1, 0.15) is 11.5 Å². The molecule has 3 rings (SSSR count). The Bertz CT molecular complexity index is 800. The molecule has 1 saturated heterocycles. The Balaban J connectivity index is 1.77. The first-order valence-electron chi connectivity index (χ1n) is 7.97. The third-order valence-corrected chi connectivity index (χ3v) is 4.34. The molecule has 25 heavy (non-hydrogen) atoms. The molecule has 3 N–H and O–H groups in total. The molecule has 1 aliphatic rings. The molecule has 1 aromatic carbocycles. The first kappa shape index (κ1) is 17.2. The minimum Gasteiger partial charge on any atom is -0.478 e. The summed E-state index contributed by atoms with van der Waals surface area (Å²) in [6.45, 7) is 3.61. The van der Waals surface area contributed by atoms with Gasteiger partial charge in [0.15, 0.2) is 5.60 Å². The van der Waals surface area contributed by atoms with E-state index in [2.05, 4.69) is 0 Å². The summed E-state index contributed by atoms with van der Waals surface area (Å²) >= 11 is 0. The van der Waals surface area contributed by atoms with E-state index in [1.165, 1.54) is 0 Å². The highest BCUT2D eigenvalue weighted by Crippen LogP contribution is 2.27. The van der Waals surface area contributed by atoms with Crippen LogP contribution in [-0.4, -0.2) is 47.2 Å². The molecule has 1 aliphatic heterocycles. The number of carbonyl (C=O) groups is 2. The van der Waals surface area contributed by atoms with E-state index in [4.69, 9.17) is 14.9 Å². The number of furan rings is 1. The summed E-state index contributed by atoms with van der Waals surface area (Å²) in [4.78, 5) is 24.9. The minimum atomic E-state index is -1.01. The maximum atomic E-state index is 11.6. The molecule has 1 amide bonds. The Morgan fingerprint density at radius 2 is 2.04 bits per heavy atom. The number of primary amides is 1. The summed E-state index contributed by atoms with van der Waals surface area (Å²) in [5.74, 6) is -0.311. The average Bonchev–Trinajstić information content (AvgIpc) is 3.03. The Kier molecular flexibility index (Phi) is 4.61. The molecule has 0 aliphatic carbocycles. The van der Waals surface area contributed by atoms with E-state index in [0.717, 1.165) is 0 Å². The molecular formula is C18H20N2O5. The second-order valence-corrected chi connectivity index (χ2v) is 6.27. The zero-order valence-corrected chi connectivity index (χ0v) is 13.9. The lowest BCUT2D eigenvalue weighted by molar-refractivity contribution is -0.153. The van der Waals surface area contributed by atoms with Crippen molar-refractivity contribution in [2.45, 2.75) is 19.1 Å². The number of benzene rings is 1. The van der Waals surface area contributed by atoms with Crippen molar-refractivity contribution < 1.29 is 23.8 Å². The van der Waals surface area contributed by atoms with Crippen LogP contribution >= 0.6 is 0 Å². The smallest absolute Gasteiger partial charge is 0.336 e. The lowest BCUT2D eigenvalue weighted by Crippen LogP contribution is -2.56. The van der Waals surface area contributed by atoms with E-state index >= 15 is 0 Å². The summed E-state index contributed by atoms with van der Waals surface area (Å²) in [7, 11) is 0. The quantitative estimate of drug-likeness (QED) is 0.855. The highest BCUT2D eigenvalue weighted by Gasteiger charge is 2.37. The van der Waals surface area contributed by atoms with Crippen molar-refractivity contribution in [3.05, 3.63) is 47.7 Å². The highest BCUT2D eigenvalue weighted by molar-refractivity contribution is 5.95. The molecule has 0 radical (unpaired) electrons. The molecule has 0 saturated carbocycles. The molecule has 1 aromatic heterocycles. The van der Waals surface area contributed by atoms with Gasteiger partial charge in [-0.2, -0.15) is 0 Å². The van der Waals surface area contributed by atoms with Crippen LogP contribution in [-0.2, 0) is 16.1 Å². The van der Waals surface area contributed by atoms with Gasteiger partial charge < -0.3 is 20.0 Å². The number of nitrogens with zero attached hydrogens (tertiary/aromatic N) is 1. The van der Waals surface area contributed by atoms with Gasteiger partial charge in [0, 0.05) is 18.7 Å². The largest absolute Gasteiger partial charge is 0.478 e. The lowest BCUT2D eigenvalue weighted by atomic mass is 10.0. The van der Waals surface area contributed by atoms with Gasteiger partial charge in [-0.1, -0.05) is 18.2 Å². The number of aromatic carboxylic acids is 1. The van der Waals surface area contributed by atoms with Crippen LogP contribution in [0, 0.1) is 0 Å². The maximum absolute atomic E-state index is 11.6. The Hall–Kier alpha value is -2.64. The molecule has 1 atom stereocenters. The molecular weight excluding hydrogens is 324 g/mol. The summed E-state index contributed by atoms with van der Waals surface area (Å²) in [5, 5.41) is 9.30. The number of hydrogen-bond acceptors (Lipinski definition) is 5. The number of ether oxygens (including phenoxy) is 1. The second kappa shape index (κ2) is 6.70. The normalized spacial score (nSPS) is 21.2. The van der Waals surface area contributed by atoms with Crippen LogP contribution in [0.2, 0.25) is 0 Å². The number of hydrogen-bond donors (Lipinski definition) is 2. The standard InChI is InChI=1S/C18H20N2O5/c1-18(17(19)23)11-20(8-9-24-18)10-12-6-7-15(25-12)13-4-2-3-5-14(13)16(21)22/h2-7H,8-11H2,1H3,(H2,19,23)(H,21,22)/t18-/m0/s1. The lowest BCUT2D eigenvalue weighted by Gasteiger charge is -2.37. The second-order valence-electron chi connectivity index (χ2n) is 6.27. The van der Waals surface area contributed by atoms with Gasteiger partial charge in [0.2, 0.25) is 0 Å². The number of carbonyl (C=O) groups excluding carboxylic acids is 1. The fourth-order valence-corrected chi connectivity index (χ4v) is 2.95. The van der Waals surface area contributed by atoms with Crippen molar-refractivity contribution in [1.29, 1.82) is 0 Å². The van der Waals surface area contributed by atoms with Crippen molar-refractivity contribution in [3.63, 3.8) is 0 Å². The van der Waals surface area contributed by atoms with Crippen LogP contribution in [0.5, 0.6) is 0 Å². The Morgan fingerprint density at radius 1 is 1.28 bits per heavy atom. The van der Waals surface area contributed by atoms with Crippen molar-refractivity contribution in [1.82, 2.24) is 4.90 Å². The van der Waals surface area contributed by atoms with Gasteiger partial charge in [-0.3, -0.25) is 9.69 Å². The van der Waals surface area contributed by atoms with E-state index in [-0.39, 0.29) is 5.56 Å². The van der Waals surface area contributed by atoms with Gasteiger partial charge in [0.05, 0.1) is 18.7 Å². The minimum absolute atomic E-state index is 0.191. The summed E-state index contributed by atoms with van der Waals surface area (Å²) in [6.07, 6.45) is 0. The molecule has 132 valence electrons. The fraction of sp³-hybridized carbons (Fsp3) is 0.333. The average molecular weight is 344 g/mol. The number of morpholine rings is 1. The third kappa shape index (κ3) is 3.57. The SMILES string of the molecule is C[C@@]1(C(N)=O)CN(Cc2ccc(-c3ccccc3C(=O)O)o2)CCO1. The zero-order valence-electron chi connectivity index (χ0n) is 13.9. The van der Waals surface area contributed by atoms with E-state index in [1.807, 2.05) is 11.0 Å². The monoisotopic (exact) mass is 344 g/mol. The van der Waals surface area contributed by atoms with Crippen molar-refractivity contribution >= 4 is 11.9 Å². The summed E-state index contributed by atoms with van der Waals surface area (Å²) in [5.41, 5.74) is 5.13. The van der Waals surface area contributed by atoms with Crippen LogP contribution in [0.15, 0.2) is 40.8 Å². The molecule has 0 unspecified atom stereocenters. The molecule has 7 heteroatoms. The summed E-state index contributed by atoms with van der Waals surface area (Å²) in [6, 6.07) is 10.3. The van der Waals surface area contributed by atoms with E-state index in [9.17, 15) is 14.7 Å².